The Kier molecular flexibility index (Phi) is 7.82. The van der Waals surface area contributed by atoms with Crippen molar-refractivity contribution in [1.29, 1.82) is 0 Å². The van der Waals surface area contributed by atoms with Crippen molar-refractivity contribution in [2.45, 2.75) is 70.6 Å². The first-order valence-corrected chi connectivity index (χ1v) is 23.1. The number of fused-ring (bicyclic) bond motifs is 15. The lowest BCUT2D eigenvalue weighted by atomic mass is 9.62. The van der Waals surface area contributed by atoms with Gasteiger partial charge in [-0.2, -0.15) is 9.97 Å². The number of benzene rings is 8. The fraction of sp³-hybridized carbons (Fsp3) is 0.183. The maximum atomic E-state index is 5.65. The van der Waals surface area contributed by atoms with Crippen molar-refractivity contribution >= 4 is 54.4 Å². The fourth-order valence-electron chi connectivity index (χ4n) is 11.9. The highest BCUT2D eigenvalue weighted by Gasteiger charge is 2.41. The summed E-state index contributed by atoms with van der Waals surface area (Å²) in [6.45, 7) is 14.4. The van der Waals surface area contributed by atoms with Gasteiger partial charge < -0.3 is 4.57 Å². The van der Waals surface area contributed by atoms with Crippen LogP contribution in [0.2, 0.25) is 0 Å². The van der Waals surface area contributed by atoms with Crippen molar-refractivity contribution in [1.82, 2.24) is 24.1 Å². The number of rotatable bonds is 4. The zero-order valence-electron chi connectivity index (χ0n) is 37.7. The predicted octanol–water partition coefficient (Wildman–Crippen LogP) is 15.2. The Hall–Kier alpha value is -7.37. The molecule has 0 spiro atoms. The predicted molar refractivity (Wildman–Crippen MR) is 270 cm³/mol. The fourth-order valence-corrected chi connectivity index (χ4v) is 11.9. The van der Waals surface area contributed by atoms with Crippen molar-refractivity contribution in [2.75, 3.05) is 0 Å². The second-order valence-electron chi connectivity index (χ2n) is 20.2. The molecule has 0 amide bonds. The quantitative estimate of drug-likeness (QED) is 0.177. The van der Waals surface area contributed by atoms with Crippen molar-refractivity contribution in [2.24, 2.45) is 0 Å². The Balaban J connectivity index is 1.24. The molecule has 0 unspecified atom stereocenters. The van der Waals surface area contributed by atoms with Crippen LogP contribution in [0.4, 0.5) is 0 Å². The Bertz CT molecular complexity index is 3790. The minimum atomic E-state index is -0.177. The van der Waals surface area contributed by atoms with Crippen molar-refractivity contribution in [3.05, 3.63) is 186 Å². The van der Waals surface area contributed by atoms with Gasteiger partial charge >= 0.3 is 0 Å². The van der Waals surface area contributed by atoms with Crippen molar-refractivity contribution in [3.63, 3.8) is 0 Å². The molecule has 0 fully saturated rings. The molecule has 3 aromatic heterocycles. The largest absolute Gasteiger partial charge is 0.307 e. The molecule has 2 aliphatic carbocycles. The average Bonchev–Trinajstić information content (AvgIpc) is 3.94. The molecular weight excluding hydrogens is 791 g/mol. The van der Waals surface area contributed by atoms with Gasteiger partial charge in [0.15, 0.2) is 11.6 Å². The third-order valence-corrected chi connectivity index (χ3v) is 15.2. The maximum Gasteiger partial charge on any atom is 0.238 e. The topological polar surface area (TPSA) is 48.5 Å². The smallest absolute Gasteiger partial charge is 0.238 e. The van der Waals surface area contributed by atoms with E-state index in [1.807, 2.05) is 0 Å². The summed E-state index contributed by atoms with van der Waals surface area (Å²) in [5, 5.41) is 7.45. The van der Waals surface area contributed by atoms with E-state index in [1.165, 1.54) is 65.7 Å². The molecule has 0 N–H and O–H groups in total. The molecule has 11 aromatic rings. The molecule has 2 aliphatic rings. The highest BCUT2D eigenvalue weighted by atomic mass is 15.2. The Morgan fingerprint density at radius 1 is 0.415 bits per heavy atom. The number of hydrogen-bond donors (Lipinski definition) is 0. The summed E-state index contributed by atoms with van der Waals surface area (Å²) in [4.78, 5) is 16.6. The van der Waals surface area contributed by atoms with Crippen molar-refractivity contribution < 1.29 is 0 Å². The van der Waals surface area contributed by atoms with Gasteiger partial charge in [0.1, 0.15) is 0 Å². The molecular formula is C60H49N5. The van der Waals surface area contributed by atoms with E-state index in [9.17, 15) is 0 Å². The first-order valence-electron chi connectivity index (χ1n) is 23.1. The van der Waals surface area contributed by atoms with Crippen LogP contribution in [0, 0.1) is 0 Å². The van der Waals surface area contributed by atoms with Crippen LogP contribution >= 0.6 is 0 Å². The van der Waals surface area contributed by atoms with Gasteiger partial charge in [0.2, 0.25) is 5.95 Å². The summed E-state index contributed by atoms with van der Waals surface area (Å²) < 4.78 is 4.89. The Labute approximate surface area is 379 Å². The van der Waals surface area contributed by atoms with E-state index in [0.29, 0.717) is 17.6 Å². The second kappa shape index (κ2) is 13.3. The first kappa shape index (κ1) is 38.1. The summed E-state index contributed by atoms with van der Waals surface area (Å²) in [5.41, 5.74) is 15.3. The minimum Gasteiger partial charge on any atom is -0.307 e. The molecule has 0 saturated heterocycles. The summed E-state index contributed by atoms with van der Waals surface area (Å²) in [6.07, 6.45) is 2.22. The van der Waals surface area contributed by atoms with Crippen LogP contribution in [0.1, 0.15) is 76.6 Å². The monoisotopic (exact) mass is 839 g/mol. The molecule has 8 aromatic carbocycles. The lowest BCUT2D eigenvalue weighted by Gasteiger charge is -2.42. The molecule has 0 radical (unpaired) electrons. The van der Waals surface area contributed by atoms with Crippen LogP contribution in [0.5, 0.6) is 0 Å². The molecule has 0 bridgehead atoms. The number of aromatic nitrogens is 5. The van der Waals surface area contributed by atoms with E-state index in [4.69, 9.17) is 15.0 Å². The normalized spacial score (nSPS) is 15.8. The van der Waals surface area contributed by atoms with E-state index in [1.54, 1.807) is 0 Å². The second-order valence-corrected chi connectivity index (χ2v) is 20.2. The number of para-hydroxylation sites is 2. The molecule has 5 nitrogen and oxygen atoms in total. The number of hydrogen-bond acceptors (Lipinski definition) is 3. The van der Waals surface area contributed by atoms with Crippen LogP contribution < -0.4 is 0 Å². The average molecular weight is 840 g/mol. The van der Waals surface area contributed by atoms with Gasteiger partial charge in [-0.3, -0.25) is 4.57 Å². The van der Waals surface area contributed by atoms with Gasteiger partial charge in [-0.05, 0) is 98.2 Å². The van der Waals surface area contributed by atoms with E-state index in [2.05, 4.69) is 214 Å². The molecule has 5 heteroatoms. The third kappa shape index (κ3) is 5.30. The van der Waals surface area contributed by atoms with Crippen LogP contribution in [0.15, 0.2) is 164 Å². The number of nitrogens with zero attached hydrogens (tertiary/aromatic N) is 5. The van der Waals surface area contributed by atoms with E-state index < -0.39 is 0 Å². The molecule has 0 saturated carbocycles. The highest BCUT2D eigenvalue weighted by molar-refractivity contribution is 6.37. The van der Waals surface area contributed by atoms with Crippen LogP contribution in [0.3, 0.4) is 0 Å². The van der Waals surface area contributed by atoms with Gasteiger partial charge in [0, 0.05) is 43.8 Å². The Morgan fingerprint density at radius 2 is 1.02 bits per heavy atom. The lowest BCUT2D eigenvalue weighted by molar-refractivity contribution is 0.334. The van der Waals surface area contributed by atoms with E-state index in [-0.39, 0.29) is 16.2 Å². The molecule has 0 aliphatic heterocycles. The zero-order chi connectivity index (χ0) is 44.0. The van der Waals surface area contributed by atoms with E-state index >= 15 is 0 Å². The molecule has 314 valence electrons. The van der Waals surface area contributed by atoms with Gasteiger partial charge in [-0.25, -0.2) is 4.98 Å². The Morgan fingerprint density at radius 3 is 1.78 bits per heavy atom. The standard InChI is InChI=1S/C60H49N5/c1-58(2)33-34-59(3,4)52-45(58)31-32-48-51(52)50-42-25-14-13-24-41(42)49-43-26-16-18-28-47(43)64(38-21-11-8-12-22-38)53(49)54(50)65(48)57-62-55(36-19-9-7-10-20-36)61-56(63-57)37-29-30-40-39-23-15-17-27-44(39)60(5,6)46(40)35-37/h7-32,35H,33-34H2,1-6H3. The SMILES string of the molecule is CC1(C)CCC(C)(C)c2c1ccc1c2c2c3ccccc3c3c4ccccc4n(-c4ccccc4)c3c2n1-c1nc(-c2ccccc2)nc(-c2ccc3c(c2)C(C)(C)c2ccccc2-3)n1. The van der Waals surface area contributed by atoms with Crippen LogP contribution in [-0.2, 0) is 16.2 Å². The summed E-state index contributed by atoms with van der Waals surface area (Å²) in [5.74, 6) is 1.90. The first-order chi connectivity index (χ1) is 31.5. The zero-order valence-corrected chi connectivity index (χ0v) is 37.7. The van der Waals surface area contributed by atoms with Gasteiger partial charge in [0.05, 0.1) is 22.1 Å². The van der Waals surface area contributed by atoms with Crippen LogP contribution in [-0.4, -0.2) is 24.1 Å². The molecule has 3 heterocycles. The van der Waals surface area contributed by atoms with Gasteiger partial charge in [-0.15, -0.1) is 0 Å². The molecule has 13 rings (SSSR count). The highest BCUT2D eigenvalue weighted by Crippen LogP contribution is 2.54. The van der Waals surface area contributed by atoms with Crippen molar-refractivity contribution in [3.8, 4) is 45.5 Å². The summed E-state index contributed by atoms with van der Waals surface area (Å²) in [6, 6.07) is 59.6. The van der Waals surface area contributed by atoms with Gasteiger partial charge in [-0.1, -0.05) is 175 Å². The lowest BCUT2D eigenvalue weighted by Crippen LogP contribution is -2.34. The molecule has 0 atom stereocenters. The molecule has 65 heavy (non-hydrogen) atoms. The minimum absolute atomic E-state index is 0.00806. The third-order valence-electron chi connectivity index (χ3n) is 15.2. The van der Waals surface area contributed by atoms with E-state index in [0.717, 1.165) is 51.7 Å². The summed E-state index contributed by atoms with van der Waals surface area (Å²) in [7, 11) is 0. The maximum absolute atomic E-state index is 5.65. The van der Waals surface area contributed by atoms with Gasteiger partial charge in [0.25, 0.3) is 0 Å². The van der Waals surface area contributed by atoms with Crippen LogP contribution in [0.25, 0.3) is 99.9 Å². The summed E-state index contributed by atoms with van der Waals surface area (Å²) >= 11 is 0.